The lowest BCUT2D eigenvalue weighted by Crippen LogP contribution is -2.43. The molecule has 0 aliphatic carbocycles. The fraction of sp³-hybridized carbons (Fsp3) is 0.524. The number of nitrogens with one attached hydrogen (secondary N) is 3. The van der Waals surface area contributed by atoms with Crippen LogP contribution in [0.15, 0.2) is 34.6 Å². The smallest absolute Gasteiger partial charge is 0.274 e. The van der Waals surface area contributed by atoms with Crippen LogP contribution in [0.25, 0.3) is 0 Å². The van der Waals surface area contributed by atoms with E-state index in [0.717, 1.165) is 18.1 Å². The highest BCUT2D eigenvalue weighted by atomic mass is 32.2. The Morgan fingerprint density at radius 1 is 1.19 bits per heavy atom. The molecule has 3 N–H and O–H groups in total. The van der Waals surface area contributed by atoms with Crippen LogP contribution in [0, 0.1) is 5.92 Å². The summed E-state index contributed by atoms with van der Waals surface area (Å²) in [5.74, 6) is -0.940. The van der Waals surface area contributed by atoms with Gasteiger partial charge in [0, 0.05) is 31.3 Å². The number of rotatable bonds is 12. The van der Waals surface area contributed by atoms with Crippen LogP contribution in [0.5, 0.6) is 0 Å². The van der Waals surface area contributed by atoms with Gasteiger partial charge in [0.05, 0.1) is 0 Å². The third-order valence-electron chi connectivity index (χ3n) is 4.30. The Balaban J connectivity index is 2.84. The van der Waals surface area contributed by atoms with Crippen LogP contribution in [0.4, 0.5) is 5.69 Å². The molecule has 0 aromatic carbocycles. The largest absolute Gasteiger partial charge is 0.355 e. The number of sulfone groups is 1. The number of anilines is 1. The molecule has 11 heteroatoms. The Kier molecular flexibility index (Phi) is 10.8. The third kappa shape index (κ3) is 10.9. The topological polar surface area (TPSA) is 143 Å². The summed E-state index contributed by atoms with van der Waals surface area (Å²) in [6, 6.07) is 1.96. The van der Waals surface area contributed by atoms with Gasteiger partial charge in [0.1, 0.15) is 18.3 Å². The van der Waals surface area contributed by atoms with Crippen molar-refractivity contribution in [3.05, 3.63) is 40.2 Å². The molecule has 3 amide bonds. The Morgan fingerprint density at radius 2 is 1.88 bits per heavy atom. The Hall–Kier alpha value is -2.95. The van der Waals surface area contributed by atoms with Crippen molar-refractivity contribution in [1.29, 1.82) is 0 Å². The molecule has 0 aliphatic heterocycles. The van der Waals surface area contributed by atoms with Gasteiger partial charge >= 0.3 is 0 Å². The summed E-state index contributed by atoms with van der Waals surface area (Å²) in [5, 5.41) is 8.74. The first-order chi connectivity index (χ1) is 14.9. The van der Waals surface area contributed by atoms with Crippen molar-refractivity contribution >= 4 is 33.2 Å². The lowest BCUT2D eigenvalue weighted by molar-refractivity contribution is -0.125. The number of pyridine rings is 1. The first-order valence-electron chi connectivity index (χ1n) is 10.3. The maximum Gasteiger partial charge on any atom is 0.274 e. The molecular weight excluding hydrogens is 436 g/mol. The molecule has 1 unspecified atom stereocenters. The molecule has 0 radical (unpaired) electrons. The zero-order valence-corrected chi connectivity index (χ0v) is 19.7. The normalized spacial score (nSPS) is 12.5. The van der Waals surface area contributed by atoms with E-state index in [0.29, 0.717) is 12.5 Å². The molecule has 1 atom stereocenters. The average Bonchev–Trinajstić information content (AvgIpc) is 2.66. The summed E-state index contributed by atoms with van der Waals surface area (Å²) in [5.41, 5.74) is -0.590. The quantitative estimate of drug-likeness (QED) is 0.414. The molecular formula is C21H32N4O6S. The predicted molar refractivity (Wildman–Crippen MR) is 123 cm³/mol. The molecule has 0 saturated heterocycles. The van der Waals surface area contributed by atoms with Crippen molar-refractivity contribution in [1.82, 2.24) is 15.2 Å². The molecule has 10 nitrogen and oxygen atoms in total. The summed E-state index contributed by atoms with van der Waals surface area (Å²) in [6.45, 7) is 5.65. The second-order valence-electron chi connectivity index (χ2n) is 7.91. The van der Waals surface area contributed by atoms with Crippen molar-refractivity contribution < 1.29 is 22.8 Å². The summed E-state index contributed by atoms with van der Waals surface area (Å²) in [7, 11) is -3.29. The fourth-order valence-corrected chi connectivity index (χ4v) is 3.19. The molecule has 1 heterocycles. The van der Waals surface area contributed by atoms with Crippen LogP contribution in [0.3, 0.4) is 0 Å². The van der Waals surface area contributed by atoms with Crippen molar-refractivity contribution in [2.45, 2.75) is 52.6 Å². The highest BCUT2D eigenvalue weighted by molar-refractivity contribution is 7.93. The van der Waals surface area contributed by atoms with Gasteiger partial charge in [-0.3, -0.25) is 19.2 Å². The maximum absolute atomic E-state index is 12.6. The molecule has 0 aliphatic rings. The average molecular weight is 469 g/mol. The molecule has 0 bridgehead atoms. The van der Waals surface area contributed by atoms with Crippen LogP contribution < -0.4 is 21.5 Å². The van der Waals surface area contributed by atoms with Crippen LogP contribution in [-0.4, -0.2) is 49.5 Å². The minimum absolute atomic E-state index is 0.0329. The van der Waals surface area contributed by atoms with E-state index in [-0.39, 0.29) is 31.0 Å². The number of hydrogen-bond acceptors (Lipinski definition) is 6. The van der Waals surface area contributed by atoms with Crippen molar-refractivity contribution in [3.63, 3.8) is 0 Å². The Morgan fingerprint density at radius 3 is 2.47 bits per heavy atom. The van der Waals surface area contributed by atoms with Gasteiger partial charge in [-0.2, -0.15) is 0 Å². The molecule has 0 spiro atoms. The number of carbonyl (C=O) groups is 3. The summed E-state index contributed by atoms with van der Waals surface area (Å²) >= 11 is 0. The second-order valence-corrected chi connectivity index (χ2v) is 9.84. The standard InChI is InChI=1S/C21H32N4O6S/c1-15(2)10-11-22-19(27)14-25-12-7-9-18(21(25)29)24-20(28)17(23-16(3)26)8-5-6-13-32(4,30)31/h6-7,9,12-13,15,17H,5,8,10-11,14H2,1-4H3,(H,22,27)(H,23,26)(H,24,28)/b13-6+. The lowest BCUT2D eigenvalue weighted by Gasteiger charge is -2.17. The summed E-state index contributed by atoms with van der Waals surface area (Å²) in [6.07, 6.45) is 5.07. The predicted octanol–water partition coefficient (Wildman–Crippen LogP) is 0.792. The van der Waals surface area contributed by atoms with Crippen LogP contribution in [0.1, 0.15) is 40.0 Å². The van der Waals surface area contributed by atoms with Gasteiger partial charge in [0.15, 0.2) is 9.84 Å². The van der Waals surface area contributed by atoms with E-state index in [1.54, 1.807) is 0 Å². The second kappa shape index (κ2) is 12.8. The monoisotopic (exact) mass is 468 g/mol. The van der Waals surface area contributed by atoms with Crippen LogP contribution in [0.2, 0.25) is 0 Å². The van der Waals surface area contributed by atoms with E-state index in [4.69, 9.17) is 0 Å². The molecule has 32 heavy (non-hydrogen) atoms. The van der Waals surface area contributed by atoms with Crippen molar-refractivity contribution in [2.24, 2.45) is 5.92 Å². The van der Waals surface area contributed by atoms with Gasteiger partial charge in [0.2, 0.25) is 17.7 Å². The number of amides is 3. The third-order valence-corrected chi connectivity index (χ3v) is 4.98. The van der Waals surface area contributed by atoms with Crippen molar-refractivity contribution in [3.8, 4) is 0 Å². The van der Waals surface area contributed by atoms with E-state index in [9.17, 15) is 27.6 Å². The first kappa shape index (κ1) is 27.1. The zero-order valence-electron chi connectivity index (χ0n) is 18.9. The molecule has 1 aromatic rings. The lowest BCUT2D eigenvalue weighted by atomic mass is 10.1. The molecule has 1 rings (SSSR count). The van der Waals surface area contributed by atoms with Crippen LogP contribution in [-0.2, 0) is 30.8 Å². The molecule has 0 saturated carbocycles. The number of carbonyl (C=O) groups excluding carboxylic acids is 3. The number of allylic oxidation sites excluding steroid dienone is 1. The number of nitrogens with zero attached hydrogens (tertiary/aromatic N) is 1. The maximum atomic E-state index is 12.6. The Labute approximate surface area is 188 Å². The molecule has 0 fully saturated rings. The van der Waals surface area contributed by atoms with E-state index in [1.807, 2.05) is 13.8 Å². The Bertz CT molecular complexity index is 998. The molecule has 1 aromatic heterocycles. The van der Waals surface area contributed by atoms with E-state index in [2.05, 4.69) is 16.0 Å². The minimum atomic E-state index is -3.29. The number of hydrogen-bond donors (Lipinski definition) is 3. The van der Waals surface area contributed by atoms with Gasteiger partial charge in [-0.1, -0.05) is 19.9 Å². The highest BCUT2D eigenvalue weighted by Gasteiger charge is 2.20. The zero-order chi connectivity index (χ0) is 24.3. The van der Waals surface area contributed by atoms with E-state index >= 15 is 0 Å². The van der Waals surface area contributed by atoms with E-state index in [1.165, 1.54) is 35.9 Å². The summed E-state index contributed by atoms with van der Waals surface area (Å²) in [4.78, 5) is 48.8. The first-order valence-corrected chi connectivity index (χ1v) is 12.2. The van der Waals surface area contributed by atoms with Crippen LogP contribution >= 0.6 is 0 Å². The number of aromatic nitrogens is 1. The van der Waals surface area contributed by atoms with Gasteiger partial charge in [0.25, 0.3) is 5.56 Å². The minimum Gasteiger partial charge on any atom is -0.355 e. The van der Waals surface area contributed by atoms with Crippen molar-refractivity contribution in [2.75, 3.05) is 18.1 Å². The van der Waals surface area contributed by atoms with Gasteiger partial charge in [-0.15, -0.1) is 0 Å². The SMILES string of the molecule is CC(=O)NC(CC/C=C/S(C)(=O)=O)C(=O)Nc1cccn(CC(=O)NCCC(C)C)c1=O. The molecule has 178 valence electrons. The van der Waals surface area contributed by atoms with E-state index < -0.39 is 33.3 Å². The van der Waals surface area contributed by atoms with Gasteiger partial charge in [-0.25, -0.2) is 8.42 Å². The van der Waals surface area contributed by atoms with Gasteiger partial charge in [-0.05, 0) is 37.3 Å². The van der Waals surface area contributed by atoms with Gasteiger partial charge < -0.3 is 20.5 Å². The highest BCUT2D eigenvalue weighted by Crippen LogP contribution is 2.06. The fourth-order valence-electron chi connectivity index (χ4n) is 2.71. The summed E-state index contributed by atoms with van der Waals surface area (Å²) < 4.78 is 23.5.